The number of Topliss-reactive ketones (excluding diaryl/α,β-unsaturated/α-hetero) is 1. The van der Waals surface area contributed by atoms with Gasteiger partial charge in [0.05, 0.1) is 11.7 Å². The van der Waals surface area contributed by atoms with Crippen molar-refractivity contribution >= 4 is 5.78 Å². The van der Waals surface area contributed by atoms with Crippen LogP contribution in [0.1, 0.15) is 77.0 Å². The summed E-state index contributed by atoms with van der Waals surface area (Å²) >= 11 is 0. The summed E-state index contributed by atoms with van der Waals surface area (Å²) < 4.78 is 11.9. The van der Waals surface area contributed by atoms with E-state index in [0.29, 0.717) is 18.3 Å². The first kappa shape index (κ1) is 15.5. The minimum atomic E-state index is 0.0537. The maximum atomic E-state index is 12.6. The molecule has 3 nitrogen and oxygen atoms in total. The van der Waals surface area contributed by atoms with E-state index in [-0.39, 0.29) is 11.5 Å². The minimum absolute atomic E-state index is 0.0537. The molecule has 0 N–H and O–H groups in total. The lowest BCUT2D eigenvalue weighted by Gasteiger charge is -2.43. The summed E-state index contributed by atoms with van der Waals surface area (Å²) in [5.41, 5.74) is 0.0537. The predicted octanol–water partition coefficient (Wildman–Crippen LogP) is 4.03. The third kappa shape index (κ3) is 4.07. The van der Waals surface area contributed by atoms with Crippen molar-refractivity contribution in [3.05, 3.63) is 0 Å². The van der Waals surface area contributed by atoms with Gasteiger partial charge in [0, 0.05) is 25.6 Å². The molecule has 3 fully saturated rings. The lowest BCUT2D eigenvalue weighted by Crippen LogP contribution is -2.43. The zero-order valence-corrected chi connectivity index (χ0v) is 13.3. The summed E-state index contributed by atoms with van der Waals surface area (Å²) in [7, 11) is 0. The van der Waals surface area contributed by atoms with E-state index in [1.165, 1.54) is 44.9 Å². The fourth-order valence-electron chi connectivity index (χ4n) is 4.39. The van der Waals surface area contributed by atoms with Gasteiger partial charge in [0.2, 0.25) is 0 Å². The molecule has 0 aromatic heterocycles. The fourth-order valence-corrected chi connectivity index (χ4v) is 4.39. The van der Waals surface area contributed by atoms with Crippen LogP contribution in [0.5, 0.6) is 0 Å². The molecule has 0 radical (unpaired) electrons. The van der Waals surface area contributed by atoms with E-state index in [1.807, 2.05) is 0 Å². The quantitative estimate of drug-likeness (QED) is 0.785. The lowest BCUT2D eigenvalue weighted by atomic mass is 9.74. The van der Waals surface area contributed by atoms with Crippen molar-refractivity contribution < 1.29 is 14.3 Å². The molecule has 0 aromatic rings. The molecule has 1 spiro atoms. The normalized spacial score (nSPS) is 33.0. The highest BCUT2D eigenvalue weighted by molar-refractivity contribution is 5.81. The van der Waals surface area contributed by atoms with Crippen LogP contribution in [-0.2, 0) is 14.3 Å². The van der Waals surface area contributed by atoms with E-state index in [4.69, 9.17) is 9.47 Å². The largest absolute Gasteiger partial charge is 0.378 e. The summed E-state index contributed by atoms with van der Waals surface area (Å²) in [6, 6.07) is 0. The van der Waals surface area contributed by atoms with Crippen molar-refractivity contribution in [3.8, 4) is 0 Å². The van der Waals surface area contributed by atoms with Crippen LogP contribution < -0.4 is 0 Å². The molecule has 0 bridgehead atoms. The smallest absolute Gasteiger partial charge is 0.136 e. The highest BCUT2D eigenvalue weighted by atomic mass is 16.5. The molecule has 2 saturated heterocycles. The Hall–Kier alpha value is -0.410. The number of ketones is 1. The molecule has 1 aliphatic carbocycles. The van der Waals surface area contributed by atoms with Crippen molar-refractivity contribution in [3.63, 3.8) is 0 Å². The predicted molar refractivity (Wildman–Crippen MR) is 82.3 cm³/mol. The molecule has 21 heavy (non-hydrogen) atoms. The van der Waals surface area contributed by atoms with Gasteiger partial charge in [0.15, 0.2) is 0 Å². The molecule has 3 rings (SSSR count). The van der Waals surface area contributed by atoms with E-state index in [9.17, 15) is 4.79 Å². The molecular weight excluding hydrogens is 264 g/mol. The van der Waals surface area contributed by atoms with E-state index in [1.54, 1.807) is 0 Å². The maximum Gasteiger partial charge on any atom is 0.136 e. The molecule has 2 atom stereocenters. The second-order valence-electron chi connectivity index (χ2n) is 7.28. The van der Waals surface area contributed by atoms with Crippen LogP contribution in [0.2, 0.25) is 0 Å². The van der Waals surface area contributed by atoms with Gasteiger partial charge in [0.25, 0.3) is 0 Å². The topological polar surface area (TPSA) is 35.5 Å². The Bertz CT molecular complexity index is 335. The van der Waals surface area contributed by atoms with Gasteiger partial charge >= 0.3 is 0 Å². The molecule has 3 heteroatoms. The first-order valence-corrected chi connectivity index (χ1v) is 9.06. The number of hydrogen-bond acceptors (Lipinski definition) is 3. The first-order chi connectivity index (χ1) is 10.3. The molecule has 120 valence electrons. The highest BCUT2D eigenvalue weighted by Crippen LogP contribution is 2.41. The summed E-state index contributed by atoms with van der Waals surface area (Å²) in [6.45, 7) is 1.68. The van der Waals surface area contributed by atoms with Crippen molar-refractivity contribution in [1.82, 2.24) is 0 Å². The van der Waals surface area contributed by atoms with E-state index < -0.39 is 0 Å². The van der Waals surface area contributed by atoms with Gasteiger partial charge in [-0.25, -0.2) is 0 Å². The second kappa shape index (κ2) is 7.23. The Morgan fingerprint density at radius 1 is 1.00 bits per heavy atom. The third-order valence-electron chi connectivity index (χ3n) is 5.70. The molecule has 2 unspecified atom stereocenters. The van der Waals surface area contributed by atoms with Crippen molar-refractivity contribution in [2.45, 2.75) is 88.8 Å². The zero-order chi connectivity index (χ0) is 14.5. The number of carbonyl (C=O) groups is 1. The van der Waals surface area contributed by atoms with Gasteiger partial charge in [-0.2, -0.15) is 0 Å². The van der Waals surface area contributed by atoms with Crippen LogP contribution in [0.3, 0.4) is 0 Å². The number of carbonyl (C=O) groups excluding carboxylic acids is 1. The highest BCUT2D eigenvalue weighted by Gasteiger charge is 2.40. The standard InChI is InChI=1S/C18H30O3/c19-17(8-7-16-6-2-5-12-20-16)15-9-13-21-18(14-15)10-3-1-4-11-18/h15-16H,1-14H2. The first-order valence-electron chi connectivity index (χ1n) is 9.06. The Labute approximate surface area is 128 Å². The fraction of sp³-hybridized carbons (Fsp3) is 0.944. The Kier molecular flexibility index (Phi) is 5.33. The van der Waals surface area contributed by atoms with E-state index in [2.05, 4.69) is 0 Å². The van der Waals surface area contributed by atoms with Gasteiger partial charge in [-0.1, -0.05) is 19.3 Å². The van der Waals surface area contributed by atoms with Crippen LogP contribution >= 0.6 is 0 Å². The molecule has 2 heterocycles. The average molecular weight is 294 g/mol. The van der Waals surface area contributed by atoms with Gasteiger partial charge in [0.1, 0.15) is 5.78 Å². The Balaban J connectivity index is 1.47. The molecule has 3 aliphatic rings. The maximum absolute atomic E-state index is 12.6. The van der Waals surface area contributed by atoms with Gasteiger partial charge < -0.3 is 9.47 Å². The Morgan fingerprint density at radius 3 is 2.62 bits per heavy atom. The van der Waals surface area contributed by atoms with Crippen LogP contribution in [-0.4, -0.2) is 30.7 Å². The minimum Gasteiger partial charge on any atom is -0.378 e. The molecular formula is C18H30O3. The third-order valence-corrected chi connectivity index (χ3v) is 5.70. The average Bonchev–Trinajstić information content (AvgIpc) is 2.54. The summed E-state index contributed by atoms with van der Waals surface area (Å²) in [5, 5.41) is 0. The summed E-state index contributed by atoms with van der Waals surface area (Å²) in [5.74, 6) is 0.720. The van der Waals surface area contributed by atoms with E-state index >= 15 is 0 Å². The van der Waals surface area contributed by atoms with Crippen molar-refractivity contribution in [2.75, 3.05) is 13.2 Å². The van der Waals surface area contributed by atoms with Crippen LogP contribution in [0.4, 0.5) is 0 Å². The van der Waals surface area contributed by atoms with Gasteiger partial charge in [-0.15, -0.1) is 0 Å². The summed E-state index contributed by atoms with van der Waals surface area (Å²) in [6.07, 6.45) is 13.7. The molecule has 0 aromatic carbocycles. The molecule has 2 aliphatic heterocycles. The van der Waals surface area contributed by atoms with Crippen molar-refractivity contribution in [2.24, 2.45) is 5.92 Å². The van der Waals surface area contributed by atoms with Crippen LogP contribution in [0.15, 0.2) is 0 Å². The molecule has 0 amide bonds. The summed E-state index contributed by atoms with van der Waals surface area (Å²) in [4.78, 5) is 12.6. The van der Waals surface area contributed by atoms with Crippen molar-refractivity contribution in [1.29, 1.82) is 0 Å². The number of rotatable bonds is 4. The number of ether oxygens (including phenoxy) is 2. The Morgan fingerprint density at radius 2 is 1.86 bits per heavy atom. The molecule has 1 saturated carbocycles. The second-order valence-corrected chi connectivity index (χ2v) is 7.28. The van der Waals surface area contributed by atoms with E-state index in [0.717, 1.165) is 38.9 Å². The SMILES string of the molecule is O=C(CCC1CCCCO1)C1CCOC2(CCCCC2)C1. The number of hydrogen-bond donors (Lipinski definition) is 0. The zero-order valence-electron chi connectivity index (χ0n) is 13.3. The monoisotopic (exact) mass is 294 g/mol. The van der Waals surface area contributed by atoms with Gasteiger partial charge in [-0.05, 0) is 51.4 Å². The van der Waals surface area contributed by atoms with Gasteiger partial charge in [-0.3, -0.25) is 4.79 Å². The van der Waals surface area contributed by atoms with Crippen LogP contribution in [0.25, 0.3) is 0 Å². The lowest BCUT2D eigenvalue weighted by molar-refractivity contribution is -0.143. The van der Waals surface area contributed by atoms with Crippen LogP contribution in [0, 0.1) is 5.92 Å².